The van der Waals surface area contributed by atoms with Crippen molar-refractivity contribution in [3.63, 3.8) is 0 Å². The van der Waals surface area contributed by atoms with E-state index in [4.69, 9.17) is 0 Å². The van der Waals surface area contributed by atoms with E-state index in [1.165, 1.54) is 0 Å². The van der Waals surface area contributed by atoms with Crippen LogP contribution in [0.5, 0.6) is 0 Å². The lowest BCUT2D eigenvalue weighted by Crippen LogP contribution is -2.27. The molecule has 0 amide bonds. The van der Waals surface area contributed by atoms with E-state index >= 15 is 0 Å². The van der Waals surface area contributed by atoms with Gasteiger partial charge in [0, 0.05) is 6.92 Å². The molecule has 4 heteroatoms. The number of halogens is 2. The molecule has 78 valence electrons. The van der Waals surface area contributed by atoms with Crippen LogP contribution < -0.4 is 0 Å². The Bertz CT molecular complexity index is 152. The Balaban J connectivity index is 3.38. The zero-order valence-corrected chi connectivity index (χ0v) is 8.11. The molecule has 0 aliphatic rings. The second kappa shape index (κ2) is 5.89. The summed E-state index contributed by atoms with van der Waals surface area (Å²) in [5.41, 5.74) is 0. The Hall–Kier alpha value is -0.670. The Labute approximate surface area is 77.3 Å². The topological polar surface area (TPSA) is 26.3 Å². The van der Waals surface area contributed by atoms with Gasteiger partial charge in [0.15, 0.2) is 0 Å². The van der Waals surface area contributed by atoms with Crippen molar-refractivity contribution in [2.24, 2.45) is 0 Å². The standard InChI is InChI=1S/C9H16F2O2/c1-3-4-5-6-7-13-8(12)9(2,10)11/h3-7H2,1-2H3. The maximum Gasteiger partial charge on any atom is 0.376 e. The van der Waals surface area contributed by atoms with Gasteiger partial charge in [0.05, 0.1) is 6.61 Å². The van der Waals surface area contributed by atoms with E-state index in [2.05, 4.69) is 4.74 Å². The van der Waals surface area contributed by atoms with Crippen LogP contribution in [-0.2, 0) is 9.53 Å². The summed E-state index contributed by atoms with van der Waals surface area (Å²) in [4.78, 5) is 10.5. The Morgan fingerprint density at radius 3 is 2.38 bits per heavy atom. The minimum atomic E-state index is -3.36. The van der Waals surface area contributed by atoms with Crippen LogP contribution in [0.4, 0.5) is 8.78 Å². The molecule has 0 aromatic heterocycles. The molecule has 2 nitrogen and oxygen atoms in total. The van der Waals surface area contributed by atoms with E-state index in [1.54, 1.807) is 0 Å². The molecule has 0 rings (SSSR count). The van der Waals surface area contributed by atoms with Gasteiger partial charge < -0.3 is 4.74 Å². The van der Waals surface area contributed by atoms with Crippen molar-refractivity contribution < 1.29 is 18.3 Å². The minimum absolute atomic E-state index is 0.0995. The van der Waals surface area contributed by atoms with Crippen molar-refractivity contribution in [1.29, 1.82) is 0 Å². The first-order chi connectivity index (χ1) is 5.98. The predicted octanol–water partition coefficient (Wildman–Crippen LogP) is 2.77. The van der Waals surface area contributed by atoms with Crippen LogP contribution in [0.2, 0.25) is 0 Å². The fourth-order valence-electron chi connectivity index (χ4n) is 0.820. The highest BCUT2D eigenvalue weighted by atomic mass is 19.3. The first-order valence-corrected chi connectivity index (χ1v) is 4.53. The Morgan fingerprint density at radius 1 is 1.31 bits per heavy atom. The van der Waals surface area contributed by atoms with Gasteiger partial charge in [-0.25, -0.2) is 4.79 Å². The average molecular weight is 194 g/mol. The van der Waals surface area contributed by atoms with Gasteiger partial charge in [0.2, 0.25) is 0 Å². The van der Waals surface area contributed by atoms with E-state index in [9.17, 15) is 13.6 Å². The molecular weight excluding hydrogens is 178 g/mol. The summed E-state index contributed by atoms with van der Waals surface area (Å²) in [6.45, 7) is 2.69. The summed E-state index contributed by atoms with van der Waals surface area (Å²) in [5, 5.41) is 0. The van der Waals surface area contributed by atoms with E-state index in [-0.39, 0.29) is 6.61 Å². The molecular formula is C9H16F2O2. The molecule has 0 saturated carbocycles. The number of rotatable bonds is 6. The maximum atomic E-state index is 12.2. The summed E-state index contributed by atoms with van der Waals surface area (Å²) >= 11 is 0. The van der Waals surface area contributed by atoms with Gasteiger partial charge in [-0.15, -0.1) is 0 Å². The molecule has 0 fully saturated rings. The van der Waals surface area contributed by atoms with E-state index in [0.29, 0.717) is 13.3 Å². The van der Waals surface area contributed by atoms with Crippen LogP contribution in [0.1, 0.15) is 39.5 Å². The van der Waals surface area contributed by atoms with Crippen LogP contribution in [0, 0.1) is 0 Å². The number of carbonyl (C=O) groups excluding carboxylic acids is 1. The number of hydrogen-bond acceptors (Lipinski definition) is 2. The van der Waals surface area contributed by atoms with Crippen LogP contribution in [0.15, 0.2) is 0 Å². The number of esters is 1. The number of unbranched alkanes of at least 4 members (excludes halogenated alkanes) is 3. The quantitative estimate of drug-likeness (QED) is 0.480. The van der Waals surface area contributed by atoms with Crippen LogP contribution >= 0.6 is 0 Å². The Kier molecular flexibility index (Phi) is 5.58. The Morgan fingerprint density at radius 2 is 1.92 bits per heavy atom. The molecule has 0 aliphatic heterocycles. The van der Waals surface area contributed by atoms with Crippen molar-refractivity contribution in [2.45, 2.75) is 45.5 Å². The molecule has 0 atom stereocenters. The van der Waals surface area contributed by atoms with Crippen LogP contribution in [-0.4, -0.2) is 18.5 Å². The summed E-state index contributed by atoms with van der Waals surface area (Å²) < 4.78 is 28.8. The van der Waals surface area contributed by atoms with Crippen molar-refractivity contribution in [2.75, 3.05) is 6.61 Å². The molecule has 0 unspecified atom stereocenters. The fraction of sp³-hybridized carbons (Fsp3) is 0.889. The number of carbonyl (C=O) groups is 1. The van der Waals surface area contributed by atoms with Gasteiger partial charge in [0.1, 0.15) is 0 Å². The van der Waals surface area contributed by atoms with Crippen LogP contribution in [0.3, 0.4) is 0 Å². The van der Waals surface area contributed by atoms with Gasteiger partial charge in [-0.3, -0.25) is 0 Å². The molecule has 0 aromatic rings. The molecule has 0 spiro atoms. The lowest BCUT2D eigenvalue weighted by molar-refractivity contribution is -0.169. The molecule has 13 heavy (non-hydrogen) atoms. The zero-order chi connectivity index (χ0) is 10.3. The predicted molar refractivity (Wildman–Crippen MR) is 45.7 cm³/mol. The first-order valence-electron chi connectivity index (χ1n) is 4.53. The fourth-order valence-corrected chi connectivity index (χ4v) is 0.820. The van der Waals surface area contributed by atoms with E-state index < -0.39 is 11.9 Å². The summed E-state index contributed by atoms with van der Waals surface area (Å²) in [6, 6.07) is 0. The normalized spacial score (nSPS) is 11.4. The van der Waals surface area contributed by atoms with Gasteiger partial charge >= 0.3 is 11.9 Å². The lowest BCUT2D eigenvalue weighted by atomic mass is 10.2. The molecule has 0 saturated heterocycles. The van der Waals surface area contributed by atoms with Crippen molar-refractivity contribution in [3.8, 4) is 0 Å². The molecule has 0 aromatic carbocycles. The summed E-state index contributed by atoms with van der Waals surface area (Å²) in [5.74, 6) is -4.78. The third kappa shape index (κ3) is 6.49. The molecule has 0 aliphatic carbocycles. The van der Waals surface area contributed by atoms with Crippen molar-refractivity contribution in [1.82, 2.24) is 0 Å². The number of ether oxygens (including phenoxy) is 1. The van der Waals surface area contributed by atoms with Crippen molar-refractivity contribution in [3.05, 3.63) is 0 Å². The molecule has 0 heterocycles. The second-order valence-corrected chi connectivity index (χ2v) is 3.08. The van der Waals surface area contributed by atoms with Crippen LogP contribution in [0.25, 0.3) is 0 Å². The second-order valence-electron chi connectivity index (χ2n) is 3.08. The van der Waals surface area contributed by atoms with Gasteiger partial charge in [0.25, 0.3) is 0 Å². The summed E-state index contributed by atoms with van der Waals surface area (Å²) in [6.07, 6.45) is 3.69. The lowest BCUT2D eigenvalue weighted by Gasteiger charge is -2.09. The maximum absolute atomic E-state index is 12.2. The number of alkyl halides is 2. The highest BCUT2D eigenvalue weighted by molar-refractivity contribution is 5.76. The van der Waals surface area contributed by atoms with Gasteiger partial charge in [-0.05, 0) is 6.42 Å². The van der Waals surface area contributed by atoms with E-state index in [0.717, 1.165) is 19.3 Å². The SMILES string of the molecule is CCCCCCOC(=O)C(C)(F)F. The van der Waals surface area contributed by atoms with E-state index in [1.807, 2.05) is 6.92 Å². The number of hydrogen-bond donors (Lipinski definition) is 0. The highest BCUT2D eigenvalue weighted by Crippen LogP contribution is 2.13. The minimum Gasteiger partial charge on any atom is -0.461 e. The molecule has 0 radical (unpaired) electrons. The van der Waals surface area contributed by atoms with Gasteiger partial charge in [-0.1, -0.05) is 26.2 Å². The van der Waals surface area contributed by atoms with Gasteiger partial charge in [-0.2, -0.15) is 8.78 Å². The third-order valence-electron chi connectivity index (χ3n) is 1.59. The van der Waals surface area contributed by atoms with Crippen molar-refractivity contribution >= 4 is 5.97 Å². The highest BCUT2D eigenvalue weighted by Gasteiger charge is 2.33. The molecule has 0 N–H and O–H groups in total. The largest absolute Gasteiger partial charge is 0.461 e. The smallest absolute Gasteiger partial charge is 0.376 e. The molecule has 0 bridgehead atoms. The first kappa shape index (κ1) is 12.3. The summed E-state index contributed by atoms with van der Waals surface area (Å²) in [7, 11) is 0. The average Bonchev–Trinajstić information content (AvgIpc) is 2.02. The third-order valence-corrected chi connectivity index (χ3v) is 1.59. The zero-order valence-electron chi connectivity index (χ0n) is 8.11. The monoisotopic (exact) mass is 194 g/mol.